The Hall–Kier alpha value is -2.28. The van der Waals surface area contributed by atoms with Crippen molar-refractivity contribution in [3.05, 3.63) is 35.9 Å². The first-order valence-corrected chi connectivity index (χ1v) is 8.54. The third-order valence-electron chi connectivity index (χ3n) is 3.03. The topological polar surface area (TPSA) is 72.3 Å². The van der Waals surface area contributed by atoms with E-state index in [0.29, 0.717) is 23.1 Å². The molecule has 1 fully saturated rings. The average molecular weight is 347 g/mol. The molecule has 6 nitrogen and oxygen atoms in total. The molecule has 24 heavy (non-hydrogen) atoms. The van der Waals surface area contributed by atoms with E-state index >= 15 is 0 Å². The van der Waals surface area contributed by atoms with Crippen LogP contribution in [-0.4, -0.2) is 36.3 Å². The van der Waals surface area contributed by atoms with Crippen LogP contribution in [0.4, 0.5) is 0 Å². The van der Waals surface area contributed by atoms with Gasteiger partial charge in [-0.25, -0.2) is 0 Å². The zero-order valence-corrected chi connectivity index (χ0v) is 14.9. The number of hydrogen-bond acceptors (Lipinski definition) is 6. The van der Waals surface area contributed by atoms with Gasteiger partial charge in [0, 0.05) is 5.56 Å². The highest BCUT2D eigenvalue weighted by molar-refractivity contribution is 8.15. The Morgan fingerprint density at radius 2 is 2.25 bits per heavy atom. The lowest BCUT2D eigenvalue weighted by molar-refractivity contribution is -0.116. The third-order valence-corrected chi connectivity index (χ3v) is 3.90. The van der Waals surface area contributed by atoms with Crippen molar-refractivity contribution in [2.75, 3.05) is 12.9 Å². The maximum absolute atomic E-state index is 11.1. The fourth-order valence-corrected chi connectivity index (χ4v) is 2.74. The number of carbonyl (C=O) groups excluding carboxylic acids is 1. The minimum absolute atomic E-state index is 0.0383. The quantitative estimate of drug-likeness (QED) is 0.468. The number of carbonyl (C=O) groups is 1. The van der Waals surface area contributed by atoms with E-state index in [1.165, 1.54) is 11.8 Å². The minimum Gasteiger partial charge on any atom is -0.493 e. The van der Waals surface area contributed by atoms with Gasteiger partial charge in [-0.2, -0.15) is 5.10 Å². The maximum Gasteiger partial charge on any atom is 0.236 e. The summed E-state index contributed by atoms with van der Waals surface area (Å²) in [6, 6.07) is 3.81. The number of nitrogens with zero attached hydrogens (tertiary/aromatic N) is 2. The molecule has 0 saturated carbocycles. The van der Waals surface area contributed by atoms with Crippen LogP contribution in [0.3, 0.4) is 0 Å². The maximum atomic E-state index is 11.1. The predicted molar refractivity (Wildman–Crippen MR) is 98.3 cm³/mol. The number of ether oxygens (including phenoxy) is 2. The molecule has 0 bridgehead atoms. The van der Waals surface area contributed by atoms with Crippen LogP contribution in [0, 0.1) is 0 Å². The Balaban J connectivity index is 2.28. The van der Waals surface area contributed by atoms with Gasteiger partial charge in [-0.05, 0) is 38.0 Å². The second kappa shape index (κ2) is 8.54. The molecule has 0 radical (unpaired) electrons. The summed E-state index contributed by atoms with van der Waals surface area (Å²) < 4.78 is 11.3. The summed E-state index contributed by atoms with van der Waals surface area (Å²) in [5.74, 6) is 1.68. The standard InChI is InChI=1S/C17H21N3O3S/c1-5-6-13-7-12(8-14(22-4)16(13)23-11(2)3)9-18-20-17-19-15(21)10-24-17/h5,7-9,11H,1,6,10H2,2-4H3,(H,19,20,21). The van der Waals surface area contributed by atoms with Crippen molar-refractivity contribution < 1.29 is 14.3 Å². The van der Waals surface area contributed by atoms with Gasteiger partial charge in [0.05, 0.1) is 25.2 Å². The molecule has 0 aliphatic carbocycles. The largest absolute Gasteiger partial charge is 0.493 e. The van der Waals surface area contributed by atoms with Gasteiger partial charge in [0.15, 0.2) is 16.7 Å². The Labute approximate surface area is 146 Å². The summed E-state index contributed by atoms with van der Waals surface area (Å²) in [6.45, 7) is 7.72. The zero-order chi connectivity index (χ0) is 17.5. The molecule has 1 N–H and O–H groups in total. The van der Waals surface area contributed by atoms with Crippen LogP contribution < -0.4 is 14.8 Å². The molecule has 128 valence electrons. The van der Waals surface area contributed by atoms with E-state index in [1.807, 2.05) is 32.1 Å². The van der Waals surface area contributed by atoms with E-state index in [4.69, 9.17) is 9.47 Å². The lowest BCUT2D eigenvalue weighted by Crippen LogP contribution is -2.19. The number of allylic oxidation sites excluding steroid dienone is 1. The molecule has 1 aromatic rings. The van der Waals surface area contributed by atoms with Crippen molar-refractivity contribution in [3.8, 4) is 11.5 Å². The van der Waals surface area contributed by atoms with Gasteiger partial charge in [0.1, 0.15) is 0 Å². The SMILES string of the molecule is C=CCc1cc(C=NN=C2NC(=O)CS2)cc(OC)c1OC(C)C. The van der Waals surface area contributed by atoms with Gasteiger partial charge in [0.2, 0.25) is 5.91 Å². The Morgan fingerprint density at radius 3 is 2.83 bits per heavy atom. The lowest BCUT2D eigenvalue weighted by atomic mass is 10.1. The highest BCUT2D eigenvalue weighted by atomic mass is 32.2. The minimum atomic E-state index is -0.0564. The van der Waals surface area contributed by atoms with E-state index < -0.39 is 0 Å². The summed E-state index contributed by atoms with van der Waals surface area (Å²) in [6.07, 6.45) is 4.12. The Kier molecular flexibility index (Phi) is 6.43. The molecule has 1 aromatic carbocycles. The first-order valence-electron chi connectivity index (χ1n) is 7.55. The zero-order valence-electron chi connectivity index (χ0n) is 14.0. The molecule has 0 unspecified atom stereocenters. The number of rotatable bonds is 7. The molecule has 7 heteroatoms. The number of amidine groups is 1. The summed E-state index contributed by atoms with van der Waals surface area (Å²) in [4.78, 5) is 11.1. The van der Waals surface area contributed by atoms with E-state index in [2.05, 4.69) is 22.1 Å². The summed E-state index contributed by atoms with van der Waals surface area (Å²) in [5.41, 5.74) is 1.80. The van der Waals surface area contributed by atoms with Gasteiger partial charge in [-0.3, -0.25) is 4.79 Å². The van der Waals surface area contributed by atoms with Crippen LogP contribution in [-0.2, 0) is 11.2 Å². The molecule has 1 aliphatic heterocycles. The number of hydrogen-bond donors (Lipinski definition) is 1. The van der Waals surface area contributed by atoms with Crippen molar-refractivity contribution in [2.45, 2.75) is 26.4 Å². The van der Waals surface area contributed by atoms with Crippen LogP contribution in [0.5, 0.6) is 11.5 Å². The second-order valence-electron chi connectivity index (χ2n) is 5.36. The van der Waals surface area contributed by atoms with Crippen molar-refractivity contribution in [1.29, 1.82) is 0 Å². The van der Waals surface area contributed by atoms with Gasteiger partial charge in [-0.15, -0.1) is 11.7 Å². The summed E-state index contributed by atoms with van der Waals surface area (Å²) in [7, 11) is 1.60. The Bertz CT molecular complexity index is 684. The summed E-state index contributed by atoms with van der Waals surface area (Å²) in [5, 5.41) is 11.2. The van der Waals surface area contributed by atoms with Crippen molar-refractivity contribution in [3.63, 3.8) is 0 Å². The molecule has 1 amide bonds. The summed E-state index contributed by atoms with van der Waals surface area (Å²) >= 11 is 1.33. The van der Waals surface area contributed by atoms with Gasteiger partial charge < -0.3 is 14.8 Å². The lowest BCUT2D eigenvalue weighted by Gasteiger charge is -2.17. The molecule has 0 spiro atoms. The first-order chi connectivity index (χ1) is 11.5. The number of amides is 1. The highest BCUT2D eigenvalue weighted by Gasteiger charge is 2.16. The molecule has 1 heterocycles. The van der Waals surface area contributed by atoms with E-state index in [-0.39, 0.29) is 12.0 Å². The third kappa shape index (κ3) is 4.86. The molecular weight excluding hydrogens is 326 g/mol. The van der Waals surface area contributed by atoms with Crippen LogP contribution in [0.15, 0.2) is 35.0 Å². The van der Waals surface area contributed by atoms with Gasteiger partial charge in [0.25, 0.3) is 0 Å². The molecule has 0 atom stereocenters. The van der Waals surface area contributed by atoms with E-state index in [0.717, 1.165) is 16.9 Å². The van der Waals surface area contributed by atoms with Crippen LogP contribution in [0.25, 0.3) is 0 Å². The fraction of sp³-hybridized carbons (Fsp3) is 0.353. The Morgan fingerprint density at radius 1 is 1.46 bits per heavy atom. The number of benzene rings is 1. The molecule has 1 aliphatic rings. The van der Waals surface area contributed by atoms with Gasteiger partial charge in [-0.1, -0.05) is 17.8 Å². The monoisotopic (exact) mass is 347 g/mol. The van der Waals surface area contributed by atoms with Crippen LogP contribution in [0.2, 0.25) is 0 Å². The van der Waals surface area contributed by atoms with Crippen LogP contribution in [0.1, 0.15) is 25.0 Å². The van der Waals surface area contributed by atoms with E-state index in [9.17, 15) is 4.79 Å². The van der Waals surface area contributed by atoms with Crippen molar-refractivity contribution >= 4 is 29.1 Å². The molecule has 1 saturated heterocycles. The number of nitrogens with one attached hydrogen (secondary N) is 1. The predicted octanol–water partition coefficient (Wildman–Crippen LogP) is 2.76. The van der Waals surface area contributed by atoms with Gasteiger partial charge >= 0.3 is 0 Å². The molecule has 2 rings (SSSR count). The average Bonchev–Trinajstić information content (AvgIpc) is 2.94. The number of thioether (sulfide) groups is 1. The number of methoxy groups -OCH3 is 1. The van der Waals surface area contributed by atoms with Crippen molar-refractivity contribution in [1.82, 2.24) is 5.32 Å². The molecule has 0 aromatic heterocycles. The normalized spacial score (nSPS) is 16.0. The smallest absolute Gasteiger partial charge is 0.236 e. The highest BCUT2D eigenvalue weighted by Crippen LogP contribution is 2.34. The first kappa shape index (κ1) is 18.1. The van der Waals surface area contributed by atoms with E-state index in [1.54, 1.807) is 13.3 Å². The fourth-order valence-electron chi connectivity index (χ4n) is 2.11. The molecular formula is C17H21N3O3S. The second-order valence-corrected chi connectivity index (χ2v) is 6.32. The van der Waals surface area contributed by atoms with Crippen molar-refractivity contribution in [2.24, 2.45) is 10.2 Å². The van der Waals surface area contributed by atoms with Crippen LogP contribution >= 0.6 is 11.8 Å².